The summed E-state index contributed by atoms with van der Waals surface area (Å²) in [6.45, 7) is 4.00. The van der Waals surface area contributed by atoms with Crippen LogP contribution in [0.2, 0.25) is 15.1 Å². The summed E-state index contributed by atoms with van der Waals surface area (Å²) >= 11 is 18.0. The zero-order valence-corrected chi connectivity index (χ0v) is 16.7. The van der Waals surface area contributed by atoms with E-state index in [1.165, 1.54) is 6.20 Å². The second-order valence-corrected chi connectivity index (χ2v) is 7.18. The molecule has 2 heterocycles. The molecule has 0 bridgehead atoms. The summed E-state index contributed by atoms with van der Waals surface area (Å²) in [6, 6.07) is 4.43. The molecular weight excluding hydrogens is 415 g/mol. The van der Waals surface area contributed by atoms with Crippen LogP contribution in [0.3, 0.4) is 0 Å². The van der Waals surface area contributed by atoms with Crippen molar-refractivity contribution in [2.24, 2.45) is 0 Å². The minimum absolute atomic E-state index is 0.0270. The lowest BCUT2D eigenvalue weighted by Crippen LogP contribution is -2.47. The van der Waals surface area contributed by atoms with Gasteiger partial charge in [-0.1, -0.05) is 34.8 Å². The Labute approximate surface area is 170 Å². The van der Waals surface area contributed by atoms with E-state index >= 15 is 0 Å². The van der Waals surface area contributed by atoms with Gasteiger partial charge in [-0.15, -0.1) is 0 Å². The molecule has 1 aromatic heterocycles. The fourth-order valence-electron chi connectivity index (χ4n) is 2.70. The minimum Gasteiger partial charge on any atom is -0.378 e. The summed E-state index contributed by atoms with van der Waals surface area (Å²) in [7, 11) is 0. The van der Waals surface area contributed by atoms with Crippen molar-refractivity contribution in [1.82, 2.24) is 14.7 Å². The van der Waals surface area contributed by atoms with Gasteiger partial charge in [-0.05, 0) is 25.1 Å². The summed E-state index contributed by atoms with van der Waals surface area (Å²) in [5.74, 6) is -0.0270. The molecular formula is C17H17Cl3N4O3. The van der Waals surface area contributed by atoms with Gasteiger partial charge in [-0.25, -0.2) is 0 Å². The van der Waals surface area contributed by atoms with E-state index in [2.05, 4.69) is 10.4 Å². The van der Waals surface area contributed by atoms with E-state index in [1.54, 1.807) is 30.0 Å². The number of rotatable bonds is 4. The Hall–Kier alpha value is -1.80. The average Bonchev–Trinajstić information content (AvgIpc) is 2.68. The van der Waals surface area contributed by atoms with Crippen molar-refractivity contribution in [3.8, 4) is 5.69 Å². The molecule has 1 atom stereocenters. The van der Waals surface area contributed by atoms with Gasteiger partial charge in [0.05, 0.1) is 40.8 Å². The first-order valence-corrected chi connectivity index (χ1v) is 9.38. The highest BCUT2D eigenvalue weighted by molar-refractivity contribution is 6.41. The zero-order valence-electron chi connectivity index (χ0n) is 14.4. The third kappa shape index (κ3) is 4.38. The number of hydrogen-bond donors (Lipinski definition) is 1. The van der Waals surface area contributed by atoms with Crippen LogP contribution in [0.1, 0.15) is 6.92 Å². The summed E-state index contributed by atoms with van der Waals surface area (Å²) < 4.78 is 6.36. The van der Waals surface area contributed by atoms with Crippen LogP contribution in [-0.2, 0) is 9.53 Å². The van der Waals surface area contributed by atoms with Crippen LogP contribution < -0.4 is 10.9 Å². The first-order chi connectivity index (χ1) is 12.9. The predicted molar refractivity (Wildman–Crippen MR) is 105 cm³/mol. The van der Waals surface area contributed by atoms with E-state index in [9.17, 15) is 9.59 Å². The van der Waals surface area contributed by atoms with E-state index in [4.69, 9.17) is 39.5 Å². The molecule has 27 heavy (non-hydrogen) atoms. The monoisotopic (exact) mass is 430 g/mol. The smallest absolute Gasteiger partial charge is 0.291 e. The number of morpholine rings is 1. The van der Waals surface area contributed by atoms with Gasteiger partial charge >= 0.3 is 0 Å². The zero-order chi connectivity index (χ0) is 19.6. The second-order valence-electron chi connectivity index (χ2n) is 5.99. The Morgan fingerprint density at radius 1 is 1.22 bits per heavy atom. The highest BCUT2D eigenvalue weighted by atomic mass is 35.5. The molecule has 1 fully saturated rings. The summed E-state index contributed by atoms with van der Waals surface area (Å²) in [5.41, 5.74) is 0.459. The molecule has 144 valence electrons. The fourth-order valence-corrected chi connectivity index (χ4v) is 3.18. The second kappa shape index (κ2) is 8.48. The van der Waals surface area contributed by atoms with Gasteiger partial charge in [-0.3, -0.25) is 9.59 Å². The van der Waals surface area contributed by atoms with Crippen LogP contribution in [-0.4, -0.2) is 52.9 Å². The molecule has 0 saturated carbocycles. The van der Waals surface area contributed by atoms with Crippen LogP contribution in [0.4, 0.5) is 5.69 Å². The Bertz CT molecular complexity index is 913. The molecule has 1 amide bonds. The van der Waals surface area contributed by atoms with Crippen LogP contribution in [0.15, 0.2) is 29.2 Å². The van der Waals surface area contributed by atoms with Gasteiger partial charge in [-0.2, -0.15) is 9.78 Å². The van der Waals surface area contributed by atoms with E-state index < -0.39 is 11.6 Å². The Kier molecular flexibility index (Phi) is 6.26. The number of hydrogen-bond acceptors (Lipinski definition) is 5. The molecule has 1 saturated heterocycles. The number of carbonyl (C=O) groups excluding carboxylic acids is 1. The number of nitrogens with one attached hydrogen (secondary N) is 1. The molecule has 0 radical (unpaired) electrons. The van der Waals surface area contributed by atoms with Crippen molar-refractivity contribution in [1.29, 1.82) is 0 Å². The molecule has 1 aliphatic heterocycles. The van der Waals surface area contributed by atoms with Gasteiger partial charge in [0.15, 0.2) is 0 Å². The number of nitrogens with zero attached hydrogens (tertiary/aromatic N) is 3. The van der Waals surface area contributed by atoms with Gasteiger partial charge in [0, 0.05) is 13.1 Å². The third-order valence-corrected chi connectivity index (χ3v) is 5.20. The fraction of sp³-hybridized carbons (Fsp3) is 0.353. The molecule has 1 unspecified atom stereocenters. The standard InChI is InChI=1S/C17H17Cl3N4O3/c1-10(16(25)23-4-6-27-7-5-23)22-14-3-2-11(8-12(14)18)24-17(26)15(20)13(19)9-21-24/h2-3,8-10,22H,4-7H2,1H3. The van der Waals surface area contributed by atoms with Crippen molar-refractivity contribution < 1.29 is 9.53 Å². The van der Waals surface area contributed by atoms with Crippen LogP contribution in [0.25, 0.3) is 5.69 Å². The molecule has 2 aromatic rings. The lowest BCUT2D eigenvalue weighted by Gasteiger charge is -2.30. The maximum atomic E-state index is 12.5. The highest BCUT2D eigenvalue weighted by Gasteiger charge is 2.23. The summed E-state index contributed by atoms with van der Waals surface area (Å²) in [6.07, 6.45) is 1.29. The molecule has 7 nitrogen and oxygen atoms in total. The number of amides is 1. The van der Waals surface area contributed by atoms with Gasteiger partial charge in [0.25, 0.3) is 5.56 Å². The molecule has 1 aromatic carbocycles. The Morgan fingerprint density at radius 3 is 2.59 bits per heavy atom. The number of benzene rings is 1. The maximum absolute atomic E-state index is 12.5. The van der Waals surface area contributed by atoms with Crippen molar-refractivity contribution in [3.63, 3.8) is 0 Å². The molecule has 1 aliphatic rings. The highest BCUT2D eigenvalue weighted by Crippen LogP contribution is 2.26. The minimum atomic E-state index is -0.545. The third-order valence-electron chi connectivity index (χ3n) is 4.14. The number of carbonyl (C=O) groups is 1. The molecule has 3 rings (SSSR count). The quantitative estimate of drug-likeness (QED) is 0.805. The van der Waals surface area contributed by atoms with Crippen molar-refractivity contribution in [2.45, 2.75) is 13.0 Å². The van der Waals surface area contributed by atoms with Crippen LogP contribution >= 0.6 is 34.8 Å². The van der Waals surface area contributed by atoms with E-state index in [1.807, 2.05) is 0 Å². The molecule has 10 heteroatoms. The number of ether oxygens (including phenoxy) is 1. The van der Waals surface area contributed by atoms with Crippen LogP contribution in [0.5, 0.6) is 0 Å². The van der Waals surface area contributed by atoms with Gasteiger partial charge in [0.2, 0.25) is 5.91 Å². The van der Waals surface area contributed by atoms with Crippen molar-refractivity contribution >= 4 is 46.4 Å². The first-order valence-electron chi connectivity index (χ1n) is 8.25. The SMILES string of the molecule is CC(Nc1ccc(-n2ncc(Cl)c(Cl)c2=O)cc1Cl)C(=O)N1CCOCC1. The Balaban J connectivity index is 1.78. The van der Waals surface area contributed by atoms with E-state index in [0.29, 0.717) is 42.7 Å². The van der Waals surface area contributed by atoms with Gasteiger partial charge in [0.1, 0.15) is 11.1 Å². The van der Waals surface area contributed by atoms with E-state index in [-0.39, 0.29) is 16.0 Å². The number of aromatic nitrogens is 2. The first kappa shape index (κ1) is 19.9. The number of halogens is 3. The van der Waals surface area contributed by atoms with Crippen LogP contribution in [0, 0.1) is 0 Å². The molecule has 0 spiro atoms. The van der Waals surface area contributed by atoms with Crippen molar-refractivity contribution in [3.05, 3.63) is 49.8 Å². The van der Waals surface area contributed by atoms with Gasteiger partial charge < -0.3 is 15.0 Å². The largest absolute Gasteiger partial charge is 0.378 e. The normalized spacial score (nSPS) is 15.5. The topological polar surface area (TPSA) is 76.5 Å². The van der Waals surface area contributed by atoms with E-state index in [0.717, 1.165) is 4.68 Å². The predicted octanol–water partition coefficient (Wildman–Crippen LogP) is 2.85. The lowest BCUT2D eigenvalue weighted by molar-refractivity contribution is -0.135. The summed E-state index contributed by atoms with van der Waals surface area (Å²) in [4.78, 5) is 26.4. The molecule has 0 aliphatic carbocycles. The Morgan fingerprint density at radius 2 is 1.93 bits per heavy atom. The maximum Gasteiger partial charge on any atom is 0.291 e. The van der Waals surface area contributed by atoms with Crippen molar-refractivity contribution in [2.75, 3.05) is 31.6 Å². The molecule has 1 N–H and O–H groups in total. The average molecular weight is 432 g/mol. The lowest BCUT2D eigenvalue weighted by atomic mass is 10.2. The number of anilines is 1. The summed E-state index contributed by atoms with van der Waals surface area (Å²) in [5, 5.41) is 7.38.